The number of hydrogen-bond donors (Lipinski definition) is 2. The predicted octanol–water partition coefficient (Wildman–Crippen LogP) is 5.46. The van der Waals surface area contributed by atoms with E-state index in [4.69, 9.17) is 23.2 Å². The summed E-state index contributed by atoms with van der Waals surface area (Å²) in [4.78, 5) is 27.1. The van der Waals surface area contributed by atoms with Gasteiger partial charge in [0.15, 0.2) is 0 Å². The molecule has 0 aliphatic carbocycles. The van der Waals surface area contributed by atoms with E-state index in [-0.39, 0.29) is 11.5 Å². The van der Waals surface area contributed by atoms with E-state index in [1.807, 2.05) is 6.07 Å². The van der Waals surface area contributed by atoms with Gasteiger partial charge in [0.1, 0.15) is 0 Å². The standard InChI is InChI=1S/C21H17Cl2N3O2S/c22-15-8-14(13-4-5-24-20(27)10-13)9-16(11-15)25-21(28)18-12-17(2-3-19(18)23)26-6-1-7-29-26/h2-5,8-12H,1,6-7H2,(H,24,27)(H,25,28). The highest BCUT2D eigenvalue weighted by molar-refractivity contribution is 8.00. The van der Waals surface area contributed by atoms with Gasteiger partial charge >= 0.3 is 0 Å². The first kappa shape index (κ1) is 19.9. The number of anilines is 2. The maximum absolute atomic E-state index is 12.9. The largest absolute Gasteiger partial charge is 0.329 e. The minimum Gasteiger partial charge on any atom is -0.329 e. The van der Waals surface area contributed by atoms with Gasteiger partial charge in [-0.1, -0.05) is 23.2 Å². The summed E-state index contributed by atoms with van der Waals surface area (Å²) >= 11 is 14.3. The molecule has 0 radical (unpaired) electrons. The van der Waals surface area contributed by atoms with Crippen molar-refractivity contribution < 1.29 is 4.79 Å². The Morgan fingerprint density at radius 2 is 1.93 bits per heavy atom. The molecule has 1 amide bonds. The molecule has 1 fully saturated rings. The van der Waals surface area contributed by atoms with Crippen LogP contribution in [0.4, 0.5) is 11.4 Å². The van der Waals surface area contributed by atoms with Crippen LogP contribution in [0.3, 0.4) is 0 Å². The van der Waals surface area contributed by atoms with Gasteiger partial charge in [-0.15, -0.1) is 0 Å². The van der Waals surface area contributed by atoms with Crippen LogP contribution >= 0.6 is 35.1 Å². The zero-order chi connectivity index (χ0) is 20.4. The van der Waals surface area contributed by atoms with Gasteiger partial charge in [-0.3, -0.25) is 9.59 Å². The molecule has 29 heavy (non-hydrogen) atoms. The molecule has 1 aromatic heterocycles. The molecule has 0 atom stereocenters. The average Bonchev–Trinajstić information content (AvgIpc) is 3.22. The van der Waals surface area contributed by atoms with Crippen LogP contribution < -0.4 is 15.2 Å². The molecule has 1 saturated heterocycles. The summed E-state index contributed by atoms with van der Waals surface area (Å²) in [5.41, 5.74) is 3.10. The lowest BCUT2D eigenvalue weighted by Gasteiger charge is -2.17. The van der Waals surface area contributed by atoms with Crippen molar-refractivity contribution in [1.29, 1.82) is 0 Å². The monoisotopic (exact) mass is 445 g/mol. The van der Waals surface area contributed by atoms with E-state index < -0.39 is 0 Å². The van der Waals surface area contributed by atoms with Gasteiger partial charge in [0.05, 0.1) is 10.6 Å². The summed E-state index contributed by atoms with van der Waals surface area (Å²) in [5.74, 6) is 0.748. The minimum atomic E-state index is -0.319. The first-order valence-corrected chi connectivity index (χ1v) is 10.7. The molecule has 4 rings (SSSR count). The summed E-state index contributed by atoms with van der Waals surface area (Å²) in [6.45, 7) is 0.946. The van der Waals surface area contributed by atoms with Crippen molar-refractivity contribution in [3.05, 3.63) is 80.7 Å². The summed E-state index contributed by atoms with van der Waals surface area (Å²) < 4.78 is 2.16. The Hall–Kier alpha value is -2.41. The van der Waals surface area contributed by atoms with E-state index in [2.05, 4.69) is 14.6 Å². The van der Waals surface area contributed by atoms with E-state index in [0.29, 0.717) is 26.9 Å². The molecule has 148 valence electrons. The lowest BCUT2D eigenvalue weighted by molar-refractivity contribution is 0.102. The van der Waals surface area contributed by atoms with Crippen LogP contribution in [-0.2, 0) is 0 Å². The normalized spacial score (nSPS) is 13.5. The lowest BCUT2D eigenvalue weighted by Crippen LogP contribution is -2.15. The van der Waals surface area contributed by atoms with Crippen molar-refractivity contribution in [3.63, 3.8) is 0 Å². The van der Waals surface area contributed by atoms with Gasteiger partial charge in [-0.25, -0.2) is 0 Å². The van der Waals surface area contributed by atoms with Crippen LogP contribution in [0.15, 0.2) is 59.5 Å². The molecule has 0 spiro atoms. The average molecular weight is 446 g/mol. The number of amides is 1. The van der Waals surface area contributed by atoms with Crippen LogP contribution in [0.2, 0.25) is 10.0 Å². The highest BCUT2D eigenvalue weighted by Gasteiger charge is 2.18. The molecule has 2 heterocycles. The third kappa shape index (κ3) is 4.61. The van der Waals surface area contributed by atoms with Crippen molar-refractivity contribution in [2.75, 3.05) is 21.9 Å². The number of nitrogens with one attached hydrogen (secondary N) is 2. The van der Waals surface area contributed by atoms with Crippen molar-refractivity contribution in [1.82, 2.24) is 4.98 Å². The molecule has 0 bridgehead atoms. The Bertz CT molecular complexity index is 1130. The van der Waals surface area contributed by atoms with Crippen molar-refractivity contribution in [2.24, 2.45) is 0 Å². The van der Waals surface area contributed by atoms with Crippen molar-refractivity contribution >= 4 is 52.4 Å². The Morgan fingerprint density at radius 3 is 2.69 bits per heavy atom. The summed E-state index contributed by atoms with van der Waals surface area (Å²) in [6.07, 6.45) is 2.68. The maximum atomic E-state index is 12.9. The van der Waals surface area contributed by atoms with Gasteiger partial charge in [0.25, 0.3) is 5.91 Å². The number of aromatic amines is 1. The highest BCUT2D eigenvalue weighted by atomic mass is 35.5. The first-order valence-electron chi connectivity index (χ1n) is 9.01. The van der Waals surface area contributed by atoms with Crippen molar-refractivity contribution in [2.45, 2.75) is 6.42 Å². The molecule has 8 heteroatoms. The summed E-state index contributed by atoms with van der Waals surface area (Å²) in [6, 6.07) is 13.9. The quantitative estimate of drug-likeness (QED) is 0.523. The first-order chi connectivity index (χ1) is 14.0. The minimum absolute atomic E-state index is 0.212. The molecule has 5 nitrogen and oxygen atoms in total. The smallest absolute Gasteiger partial charge is 0.257 e. The van der Waals surface area contributed by atoms with Gasteiger partial charge in [0, 0.05) is 41.0 Å². The number of benzene rings is 2. The second-order valence-corrected chi connectivity index (χ2v) is 8.53. The van der Waals surface area contributed by atoms with Gasteiger partial charge in [0.2, 0.25) is 5.56 Å². The number of rotatable bonds is 4. The molecular formula is C21H17Cl2N3O2S. The number of H-pyrrole nitrogens is 1. The van der Waals surface area contributed by atoms with Gasteiger partial charge in [-0.2, -0.15) is 0 Å². The number of hydrogen-bond acceptors (Lipinski definition) is 4. The van der Waals surface area contributed by atoms with E-state index in [1.54, 1.807) is 54.5 Å². The zero-order valence-corrected chi connectivity index (χ0v) is 17.6. The third-order valence-corrected chi connectivity index (χ3v) is 6.22. The number of carbonyl (C=O) groups is 1. The fraction of sp³-hybridized carbons (Fsp3) is 0.143. The number of aromatic nitrogens is 1. The molecule has 0 unspecified atom stereocenters. The Morgan fingerprint density at radius 1 is 1.07 bits per heavy atom. The number of nitrogens with zero attached hydrogens (tertiary/aromatic N) is 1. The molecule has 1 aliphatic heterocycles. The molecule has 1 aliphatic rings. The predicted molar refractivity (Wildman–Crippen MR) is 121 cm³/mol. The molecule has 3 aromatic rings. The third-order valence-electron chi connectivity index (χ3n) is 4.50. The van der Waals surface area contributed by atoms with Crippen LogP contribution in [0.25, 0.3) is 11.1 Å². The van der Waals surface area contributed by atoms with Crippen LogP contribution in [-0.4, -0.2) is 23.2 Å². The lowest BCUT2D eigenvalue weighted by atomic mass is 10.1. The zero-order valence-electron chi connectivity index (χ0n) is 15.2. The molecular weight excluding hydrogens is 429 g/mol. The van der Waals surface area contributed by atoms with Crippen LogP contribution in [0.5, 0.6) is 0 Å². The van der Waals surface area contributed by atoms with Crippen LogP contribution in [0.1, 0.15) is 16.8 Å². The Kier molecular flexibility index (Phi) is 5.85. The summed E-state index contributed by atoms with van der Waals surface area (Å²) in [7, 11) is 0. The second-order valence-electron chi connectivity index (χ2n) is 6.58. The number of pyridine rings is 1. The van der Waals surface area contributed by atoms with E-state index in [9.17, 15) is 9.59 Å². The van der Waals surface area contributed by atoms with Crippen LogP contribution in [0, 0.1) is 0 Å². The van der Waals surface area contributed by atoms with E-state index in [0.717, 1.165) is 30.0 Å². The van der Waals surface area contributed by atoms with Crippen molar-refractivity contribution in [3.8, 4) is 11.1 Å². The summed E-state index contributed by atoms with van der Waals surface area (Å²) in [5, 5.41) is 3.70. The van der Waals surface area contributed by atoms with E-state index >= 15 is 0 Å². The SMILES string of the molecule is O=C(Nc1cc(Cl)cc(-c2cc[nH]c(=O)c2)c1)c1cc(N2CCCS2)ccc1Cl. The maximum Gasteiger partial charge on any atom is 0.257 e. The fourth-order valence-electron chi connectivity index (χ4n) is 3.14. The van der Waals surface area contributed by atoms with Gasteiger partial charge < -0.3 is 14.6 Å². The topological polar surface area (TPSA) is 65.2 Å². The van der Waals surface area contributed by atoms with E-state index in [1.165, 1.54) is 6.07 Å². The highest BCUT2D eigenvalue weighted by Crippen LogP contribution is 2.32. The fourth-order valence-corrected chi connectivity index (χ4v) is 4.58. The number of halogens is 2. The molecule has 0 saturated carbocycles. The van der Waals surface area contributed by atoms with Gasteiger partial charge in [-0.05, 0) is 72.0 Å². The Balaban J connectivity index is 1.62. The molecule has 2 N–H and O–H groups in total. The number of carbonyl (C=O) groups excluding carboxylic acids is 1. The Labute approximate surface area is 182 Å². The molecule has 2 aromatic carbocycles. The second kappa shape index (κ2) is 8.53.